The van der Waals surface area contributed by atoms with Crippen molar-refractivity contribution in [2.75, 3.05) is 13.2 Å². The van der Waals surface area contributed by atoms with Crippen LogP contribution in [0.3, 0.4) is 0 Å². The number of carbonyl (C=O) groups excluding carboxylic acids is 1. The molecule has 1 amide bonds. The van der Waals surface area contributed by atoms with E-state index in [0.717, 1.165) is 34.4 Å². The Hall–Kier alpha value is -3.72. The van der Waals surface area contributed by atoms with Crippen LogP contribution in [0, 0.1) is 23.7 Å². The van der Waals surface area contributed by atoms with Gasteiger partial charge in [-0.05, 0) is 22.3 Å². The zero-order chi connectivity index (χ0) is 20.2. The molecule has 0 fully saturated rings. The van der Waals surface area contributed by atoms with E-state index in [1.165, 1.54) is 0 Å². The van der Waals surface area contributed by atoms with E-state index in [1.807, 2.05) is 36.4 Å². The zero-order valence-electron chi connectivity index (χ0n) is 15.3. The fraction of sp³-hybridized carbons (Fsp3) is 0.130. The van der Waals surface area contributed by atoms with E-state index in [2.05, 4.69) is 34.3 Å². The summed E-state index contributed by atoms with van der Waals surface area (Å²) >= 11 is 0. The van der Waals surface area contributed by atoms with Crippen LogP contribution >= 0.6 is 0 Å². The molecule has 1 N–H and O–H groups in total. The molecule has 0 atom stereocenters. The molecule has 144 valence electrons. The highest BCUT2D eigenvalue weighted by molar-refractivity contribution is 5.79. The SMILES string of the molecule is O=C(NCC#Cc1cc(F)nc(F)c1)OCC1c2ccccc2-c2ccccc21. The van der Waals surface area contributed by atoms with Crippen molar-refractivity contribution in [2.45, 2.75) is 5.92 Å². The Labute approximate surface area is 166 Å². The Morgan fingerprint density at radius 3 is 2.21 bits per heavy atom. The van der Waals surface area contributed by atoms with Gasteiger partial charge in [-0.2, -0.15) is 13.8 Å². The number of carbonyl (C=O) groups is 1. The second-order valence-corrected chi connectivity index (χ2v) is 6.48. The topological polar surface area (TPSA) is 51.2 Å². The zero-order valence-corrected chi connectivity index (χ0v) is 15.3. The molecule has 2 aromatic carbocycles. The largest absolute Gasteiger partial charge is 0.449 e. The third-order valence-corrected chi connectivity index (χ3v) is 4.66. The number of benzene rings is 2. The van der Waals surface area contributed by atoms with Gasteiger partial charge in [0.15, 0.2) is 0 Å². The molecule has 0 saturated heterocycles. The summed E-state index contributed by atoms with van der Waals surface area (Å²) in [7, 11) is 0. The average molecular weight is 390 g/mol. The van der Waals surface area contributed by atoms with Gasteiger partial charge in [0.05, 0.1) is 6.54 Å². The number of aromatic nitrogens is 1. The minimum Gasteiger partial charge on any atom is -0.449 e. The maximum Gasteiger partial charge on any atom is 0.407 e. The highest BCUT2D eigenvalue weighted by Gasteiger charge is 2.28. The molecule has 0 spiro atoms. The Morgan fingerprint density at radius 1 is 1.00 bits per heavy atom. The molecule has 29 heavy (non-hydrogen) atoms. The van der Waals surface area contributed by atoms with Crippen LogP contribution in [0.5, 0.6) is 0 Å². The molecule has 1 aromatic heterocycles. The van der Waals surface area contributed by atoms with Crippen LogP contribution < -0.4 is 5.32 Å². The predicted octanol–water partition coefficient (Wildman–Crippen LogP) is 4.25. The second kappa shape index (κ2) is 8.11. The van der Waals surface area contributed by atoms with E-state index in [9.17, 15) is 13.6 Å². The summed E-state index contributed by atoms with van der Waals surface area (Å²) in [6.07, 6.45) is -0.603. The Bertz CT molecular complexity index is 1070. The van der Waals surface area contributed by atoms with Crippen LogP contribution in [0.4, 0.5) is 13.6 Å². The molecule has 0 saturated carbocycles. The van der Waals surface area contributed by atoms with Crippen LogP contribution in [0.15, 0.2) is 60.7 Å². The summed E-state index contributed by atoms with van der Waals surface area (Å²) in [6, 6.07) is 18.2. The number of hydrogen-bond donors (Lipinski definition) is 1. The standard InChI is InChI=1S/C23H16F2N2O2/c24-21-12-15(13-22(25)27-21)6-5-11-26-23(28)29-14-20-18-9-3-1-7-16(18)17-8-2-4-10-19(17)20/h1-4,7-10,12-13,20H,11,14H2,(H,26,28). The van der Waals surface area contributed by atoms with Crippen molar-refractivity contribution in [3.05, 3.63) is 89.2 Å². The lowest BCUT2D eigenvalue weighted by Gasteiger charge is -2.14. The van der Waals surface area contributed by atoms with Crippen LogP contribution in [0.1, 0.15) is 22.6 Å². The minimum absolute atomic E-state index is 0.0117. The number of nitrogens with one attached hydrogen (secondary N) is 1. The van der Waals surface area contributed by atoms with E-state index < -0.39 is 18.0 Å². The first-order chi connectivity index (χ1) is 14.1. The van der Waals surface area contributed by atoms with Crippen molar-refractivity contribution in [1.82, 2.24) is 10.3 Å². The van der Waals surface area contributed by atoms with Crippen molar-refractivity contribution in [3.63, 3.8) is 0 Å². The van der Waals surface area contributed by atoms with Crippen molar-refractivity contribution in [3.8, 4) is 23.0 Å². The second-order valence-electron chi connectivity index (χ2n) is 6.48. The highest BCUT2D eigenvalue weighted by atomic mass is 19.1. The number of ether oxygens (including phenoxy) is 1. The Morgan fingerprint density at radius 2 is 1.59 bits per heavy atom. The summed E-state index contributed by atoms with van der Waals surface area (Å²) in [5, 5.41) is 2.52. The van der Waals surface area contributed by atoms with Gasteiger partial charge in [-0.25, -0.2) is 4.79 Å². The summed E-state index contributed by atoms with van der Waals surface area (Å²) in [5.41, 5.74) is 4.70. The average Bonchev–Trinajstić information content (AvgIpc) is 3.03. The number of rotatable bonds is 3. The molecule has 1 heterocycles. The van der Waals surface area contributed by atoms with E-state index in [-0.39, 0.29) is 24.6 Å². The molecule has 4 nitrogen and oxygen atoms in total. The molecule has 0 aliphatic heterocycles. The van der Waals surface area contributed by atoms with Gasteiger partial charge in [-0.15, -0.1) is 0 Å². The fourth-order valence-corrected chi connectivity index (χ4v) is 3.45. The van der Waals surface area contributed by atoms with Crippen molar-refractivity contribution >= 4 is 6.09 Å². The van der Waals surface area contributed by atoms with Gasteiger partial charge in [0.1, 0.15) is 6.61 Å². The van der Waals surface area contributed by atoms with Gasteiger partial charge in [-0.3, -0.25) is 0 Å². The summed E-state index contributed by atoms with van der Waals surface area (Å²) in [5.74, 6) is 3.27. The molecule has 4 rings (SSSR count). The normalized spacial score (nSPS) is 11.8. The van der Waals surface area contributed by atoms with Gasteiger partial charge < -0.3 is 10.1 Å². The number of halogens is 2. The van der Waals surface area contributed by atoms with Gasteiger partial charge >= 0.3 is 6.09 Å². The lowest BCUT2D eigenvalue weighted by Crippen LogP contribution is -2.26. The number of pyridine rings is 1. The predicted molar refractivity (Wildman–Crippen MR) is 104 cm³/mol. The molecular weight excluding hydrogens is 374 g/mol. The van der Waals surface area contributed by atoms with Crippen molar-refractivity contribution in [2.24, 2.45) is 0 Å². The Balaban J connectivity index is 1.35. The summed E-state index contributed by atoms with van der Waals surface area (Å²) < 4.78 is 31.4. The molecule has 3 aromatic rings. The molecule has 1 aliphatic carbocycles. The van der Waals surface area contributed by atoms with E-state index >= 15 is 0 Å². The molecule has 1 aliphatic rings. The number of hydrogen-bond acceptors (Lipinski definition) is 3. The molecule has 0 bridgehead atoms. The van der Waals surface area contributed by atoms with Gasteiger partial charge in [-0.1, -0.05) is 60.4 Å². The van der Waals surface area contributed by atoms with Gasteiger partial charge in [0, 0.05) is 23.6 Å². The van der Waals surface area contributed by atoms with Crippen LogP contribution in [-0.2, 0) is 4.74 Å². The molecule has 6 heteroatoms. The highest BCUT2D eigenvalue weighted by Crippen LogP contribution is 2.44. The smallest absolute Gasteiger partial charge is 0.407 e. The third kappa shape index (κ3) is 4.09. The van der Waals surface area contributed by atoms with E-state index in [1.54, 1.807) is 0 Å². The number of amides is 1. The maximum absolute atomic E-state index is 13.0. The number of fused-ring (bicyclic) bond motifs is 3. The van der Waals surface area contributed by atoms with Gasteiger partial charge in [0.2, 0.25) is 11.9 Å². The number of alkyl carbamates (subject to hydrolysis) is 1. The first-order valence-electron chi connectivity index (χ1n) is 9.02. The van der Waals surface area contributed by atoms with Gasteiger partial charge in [0.25, 0.3) is 0 Å². The van der Waals surface area contributed by atoms with Crippen molar-refractivity contribution in [1.29, 1.82) is 0 Å². The first-order valence-corrected chi connectivity index (χ1v) is 9.02. The fourth-order valence-electron chi connectivity index (χ4n) is 3.45. The van der Waals surface area contributed by atoms with Crippen LogP contribution in [0.25, 0.3) is 11.1 Å². The quantitative estimate of drug-likeness (QED) is 0.537. The lowest BCUT2D eigenvalue weighted by molar-refractivity contribution is 0.144. The van der Waals surface area contributed by atoms with Crippen molar-refractivity contribution < 1.29 is 18.3 Å². The first kappa shape index (κ1) is 18.6. The van der Waals surface area contributed by atoms with Crippen LogP contribution in [0.2, 0.25) is 0 Å². The third-order valence-electron chi connectivity index (χ3n) is 4.66. The minimum atomic E-state index is -0.946. The lowest BCUT2D eigenvalue weighted by atomic mass is 9.98. The molecule has 0 radical (unpaired) electrons. The maximum atomic E-state index is 13.0. The number of nitrogens with zero attached hydrogens (tertiary/aromatic N) is 1. The molecular formula is C23H16F2N2O2. The Kier molecular flexibility index (Phi) is 5.21. The summed E-state index contributed by atoms with van der Waals surface area (Å²) in [4.78, 5) is 15.0. The summed E-state index contributed by atoms with van der Waals surface area (Å²) in [6.45, 7) is 0.191. The molecule has 0 unspecified atom stereocenters. The van der Waals surface area contributed by atoms with E-state index in [4.69, 9.17) is 4.74 Å². The van der Waals surface area contributed by atoms with E-state index in [0.29, 0.717) is 0 Å². The van der Waals surface area contributed by atoms with Crippen LogP contribution in [-0.4, -0.2) is 24.2 Å². The monoisotopic (exact) mass is 390 g/mol.